The van der Waals surface area contributed by atoms with Crippen molar-refractivity contribution in [1.82, 2.24) is 0 Å². The molecule has 98 valence electrons. The first-order chi connectivity index (χ1) is 8.48. The highest BCUT2D eigenvalue weighted by Gasteiger charge is 2.09. The van der Waals surface area contributed by atoms with Crippen molar-refractivity contribution >= 4 is 15.5 Å². The Hall–Kier alpha value is -1.61. The van der Waals surface area contributed by atoms with Crippen LogP contribution in [0.5, 0.6) is 0 Å². The van der Waals surface area contributed by atoms with Crippen molar-refractivity contribution in [3.8, 4) is 6.07 Å². The Morgan fingerprint density at radius 1 is 1.39 bits per heavy atom. The number of nitriles is 1. The van der Waals surface area contributed by atoms with Crippen LogP contribution < -0.4 is 5.32 Å². The molecule has 18 heavy (non-hydrogen) atoms. The molecule has 0 heterocycles. The Morgan fingerprint density at radius 2 is 2.11 bits per heavy atom. The minimum atomic E-state index is -3.05. The third-order valence-corrected chi connectivity index (χ3v) is 4.20. The van der Waals surface area contributed by atoms with Crippen molar-refractivity contribution in [1.29, 1.82) is 5.26 Å². The van der Waals surface area contributed by atoms with E-state index in [0.717, 1.165) is 6.07 Å². The van der Waals surface area contributed by atoms with Crippen molar-refractivity contribution < 1.29 is 12.8 Å². The zero-order chi connectivity index (χ0) is 13.6. The van der Waals surface area contributed by atoms with Gasteiger partial charge in [0, 0.05) is 12.3 Å². The SMILES string of the molecule is CCCS(=O)(=O)CCNc1ccc(F)cc1C#N. The molecule has 0 bridgehead atoms. The van der Waals surface area contributed by atoms with Gasteiger partial charge in [0.15, 0.2) is 9.84 Å². The molecular formula is C12H15FN2O2S. The Labute approximate surface area is 106 Å². The smallest absolute Gasteiger partial charge is 0.152 e. The molecule has 0 atom stereocenters. The molecule has 0 radical (unpaired) electrons. The predicted molar refractivity (Wildman–Crippen MR) is 68.5 cm³/mol. The lowest BCUT2D eigenvalue weighted by atomic mass is 10.2. The van der Waals surface area contributed by atoms with Crippen molar-refractivity contribution in [2.24, 2.45) is 0 Å². The fourth-order valence-corrected chi connectivity index (χ4v) is 2.76. The number of rotatable bonds is 6. The highest BCUT2D eigenvalue weighted by molar-refractivity contribution is 7.91. The number of benzene rings is 1. The lowest BCUT2D eigenvalue weighted by Gasteiger charge is -2.08. The van der Waals surface area contributed by atoms with Gasteiger partial charge in [-0.1, -0.05) is 6.92 Å². The van der Waals surface area contributed by atoms with Gasteiger partial charge in [0.05, 0.1) is 17.0 Å². The van der Waals surface area contributed by atoms with E-state index in [1.165, 1.54) is 12.1 Å². The molecule has 6 heteroatoms. The van der Waals surface area contributed by atoms with E-state index >= 15 is 0 Å². The van der Waals surface area contributed by atoms with Gasteiger partial charge in [-0.15, -0.1) is 0 Å². The summed E-state index contributed by atoms with van der Waals surface area (Å²) in [5.74, 6) is -0.331. The van der Waals surface area contributed by atoms with Crippen LogP contribution in [-0.4, -0.2) is 26.5 Å². The average Bonchev–Trinajstić information content (AvgIpc) is 2.30. The summed E-state index contributed by atoms with van der Waals surface area (Å²) in [6, 6.07) is 5.63. The number of hydrogen-bond acceptors (Lipinski definition) is 4. The van der Waals surface area contributed by atoms with Gasteiger partial charge < -0.3 is 5.32 Å². The van der Waals surface area contributed by atoms with Gasteiger partial charge in [-0.2, -0.15) is 5.26 Å². The summed E-state index contributed by atoms with van der Waals surface area (Å²) >= 11 is 0. The molecule has 0 aromatic heterocycles. The van der Waals surface area contributed by atoms with Crippen molar-refractivity contribution in [2.45, 2.75) is 13.3 Å². The summed E-state index contributed by atoms with van der Waals surface area (Å²) in [6.45, 7) is 2.02. The van der Waals surface area contributed by atoms with Gasteiger partial charge in [0.2, 0.25) is 0 Å². The van der Waals surface area contributed by atoms with Crippen LogP contribution in [0.25, 0.3) is 0 Å². The number of anilines is 1. The molecule has 0 aliphatic carbocycles. The van der Waals surface area contributed by atoms with Crippen molar-refractivity contribution in [3.05, 3.63) is 29.6 Å². The molecular weight excluding hydrogens is 255 g/mol. The number of nitrogens with one attached hydrogen (secondary N) is 1. The number of sulfone groups is 1. The fraction of sp³-hybridized carbons (Fsp3) is 0.417. The van der Waals surface area contributed by atoms with E-state index in [9.17, 15) is 12.8 Å². The summed E-state index contributed by atoms with van der Waals surface area (Å²) in [4.78, 5) is 0. The Morgan fingerprint density at radius 3 is 2.72 bits per heavy atom. The quantitative estimate of drug-likeness (QED) is 0.857. The normalized spacial score (nSPS) is 10.9. The van der Waals surface area contributed by atoms with Crippen molar-refractivity contribution in [2.75, 3.05) is 23.4 Å². The molecule has 0 amide bonds. The molecule has 0 aliphatic heterocycles. The summed E-state index contributed by atoms with van der Waals surface area (Å²) in [7, 11) is -3.05. The molecule has 4 nitrogen and oxygen atoms in total. The van der Waals surface area contributed by atoms with E-state index in [0.29, 0.717) is 12.1 Å². The average molecular weight is 270 g/mol. The largest absolute Gasteiger partial charge is 0.383 e. The van der Waals surface area contributed by atoms with E-state index in [1.807, 2.05) is 6.07 Å². The number of hydrogen-bond donors (Lipinski definition) is 1. The van der Waals surface area contributed by atoms with Gasteiger partial charge in [0.1, 0.15) is 11.9 Å². The zero-order valence-electron chi connectivity index (χ0n) is 10.1. The molecule has 0 fully saturated rings. The highest BCUT2D eigenvalue weighted by atomic mass is 32.2. The van der Waals surface area contributed by atoms with Crippen LogP contribution >= 0.6 is 0 Å². The maximum atomic E-state index is 12.9. The highest BCUT2D eigenvalue weighted by Crippen LogP contribution is 2.15. The predicted octanol–water partition coefficient (Wildman–Crippen LogP) is 1.93. The van der Waals surface area contributed by atoms with Crippen LogP contribution in [0.1, 0.15) is 18.9 Å². The molecule has 1 aromatic carbocycles. The lowest BCUT2D eigenvalue weighted by Crippen LogP contribution is -2.18. The van der Waals surface area contributed by atoms with Gasteiger partial charge in [-0.3, -0.25) is 0 Å². The Bertz CT molecular complexity index is 550. The van der Waals surface area contributed by atoms with Gasteiger partial charge in [-0.25, -0.2) is 12.8 Å². The molecule has 1 N–H and O–H groups in total. The molecule has 1 rings (SSSR count). The van der Waals surface area contributed by atoms with E-state index in [4.69, 9.17) is 5.26 Å². The third kappa shape index (κ3) is 4.34. The van der Waals surface area contributed by atoms with E-state index < -0.39 is 15.7 Å². The van der Waals surface area contributed by atoms with Crippen molar-refractivity contribution in [3.63, 3.8) is 0 Å². The summed E-state index contributed by atoms with van der Waals surface area (Å²) in [5, 5.41) is 11.6. The van der Waals surface area contributed by atoms with Crippen LogP contribution in [0.15, 0.2) is 18.2 Å². The molecule has 0 aliphatic rings. The topological polar surface area (TPSA) is 70.0 Å². The lowest BCUT2D eigenvalue weighted by molar-refractivity contribution is 0.595. The van der Waals surface area contributed by atoms with Gasteiger partial charge in [0.25, 0.3) is 0 Å². The first-order valence-electron chi connectivity index (χ1n) is 5.62. The second kappa shape index (κ2) is 6.36. The van der Waals surface area contributed by atoms with E-state index in [-0.39, 0.29) is 23.6 Å². The molecule has 0 saturated heterocycles. The minimum absolute atomic E-state index is 0.00306. The molecule has 1 aromatic rings. The summed E-state index contributed by atoms with van der Waals surface area (Å²) in [5.41, 5.74) is 0.619. The minimum Gasteiger partial charge on any atom is -0.383 e. The van der Waals surface area contributed by atoms with Crippen LogP contribution in [0.2, 0.25) is 0 Å². The van der Waals surface area contributed by atoms with E-state index in [2.05, 4.69) is 5.32 Å². The maximum absolute atomic E-state index is 12.9. The molecule has 0 saturated carbocycles. The first-order valence-corrected chi connectivity index (χ1v) is 7.44. The van der Waals surface area contributed by atoms with Crippen LogP contribution in [0.4, 0.5) is 10.1 Å². The molecule has 0 spiro atoms. The molecule has 0 unspecified atom stereocenters. The van der Waals surface area contributed by atoms with Crippen LogP contribution in [0, 0.1) is 17.1 Å². The number of halogens is 1. The monoisotopic (exact) mass is 270 g/mol. The van der Waals surface area contributed by atoms with Crippen LogP contribution in [-0.2, 0) is 9.84 Å². The van der Waals surface area contributed by atoms with E-state index in [1.54, 1.807) is 6.92 Å². The second-order valence-electron chi connectivity index (χ2n) is 3.88. The summed E-state index contributed by atoms with van der Waals surface area (Å²) in [6.07, 6.45) is 0.586. The standard InChI is InChI=1S/C12H15FN2O2S/c1-2-6-18(16,17)7-5-15-12-4-3-11(13)8-10(12)9-14/h3-4,8,15H,2,5-7H2,1H3. The maximum Gasteiger partial charge on any atom is 0.152 e. The Kier molecular flexibility index (Phi) is 5.10. The third-order valence-electron chi connectivity index (χ3n) is 2.35. The van der Waals surface area contributed by atoms with Gasteiger partial charge >= 0.3 is 0 Å². The summed E-state index contributed by atoms with van der Waals surface area (Å²) < 4.78 is 35.8. The van der Waals surface area contributed by atoms with Crippen LogP contribution in [0.3, 0.4) is 0 Å². The fourth-order valence-electron chi connectivity index (χ4n) is 1.52. The van der Waals surface area contributed by atoms with Gasteiger partial charge in [-0.05, 0) is 24.6 Å². The second-order valence-corrected chi connectivity index (χ2v) is 6.18. The number of nitrogens with zero attached hydrogens (tertiary/aromatic N) is 1. The Balaban J connectivity index is 2.63. The first kappa shape index (κ1) is 14.5. The zero-order valence-corrected chi connectivity index (χ0v) is 10.9.